The van der Waals surface area contributed by atoms with Crippen LogP contribution >= 0.6 is 0 Å². The largest absolute Gasteiger partial charge is 0.464 e. The Bertz CT molecular complexity index is 504. The molecule has 1 heterocycles. The Morgan fingerprint density at radius 2 is 2.00 bits per heavy atom. The number of rotatable bonds is 3. The van der Waals surface area contributed by atoms with Crippen molar-refractivity contribution in [1.29, 1.82) is 0 Å². The first kappa shape index (κ1) is 12.0. The van der Waals surface area contributed by atoms with Crippen molar-refractivity contribution in [3.05, 3.63) is 36.1 Å². The summed E-state index contributed by atoms with van der Waals surface area (Å²) >= 11 is 0. The van der Waals surface area contributed by atoms with Crippen LogP contribution in [0.25, 0.3) is 11.0 Å². The second-order valence-corrected chi connectivity index (χ2v) is 3.89. The van der Waals surface area contributed by atoms with Gasteiger partial charge in [0.15, 0.2) is 0 Å². The van der Waals surface area contributed by atoms with Crippen LogP contribution in [0.2, 0.25) is 0 Å². The van der Waals surface area contributed by atoms with Crippen molar-refractivity contribution >= 4 is 11.0 Å². The third-order valence-corrected chi connectivity index (χ3v) is 2.73. The zero-order valence-electron chi connectivity index (χ0n) is 9.00. The standard InChI is InChI=1S/C12H12F3NO/c13-12(14,15)10(3-5-16)8-1-2-11-9(7-8)4-6-17-11/h1-2,4,6-7,10H,3,5,16H2. The Labute approximate surface area is 96.2 Å². The van der Waals surface area contributed by atoms with Crippen molar-refractivity contribution in [3.63, 3.8) is 0 Å². The molecule has 0 aliphatic heterocycles. The first-order valence-electron chi connectivity index (χ1n) is 5.26. The molecule has 0 fully saturated rings. The highest BCUT2D eigenvalue weighted by Gasteiger charge is 2.39. The molecule has 0 bridgehead atoms. The quantitative estimate of drug-likeness (QED) is 0.897. The van der Waals surface area contributed by atoms with E-state index < -0.39 is 12.1 Å². The van der Waals surface area contributed by atoms with Gasteiger partial charge in [0.05, 0.1) is 12.2 Å². The first-order chi connectivity index (χ1) is 8.02. The Morgan fingerprint density at radius 1 is 1.24 bits per heavy atom. The summed E-state index contributed by atoms with van der Waals surface area (Å²) in [5, 5.41) is 0.675. The van der Waals surface area contributed by atoms with Crippen LogP contribution in [0.5, 0.6) is 0 Å². The fourth-order valence-corrected chi connectivity index (χ4v) is 1.89. The van der Waals surface area contributed by atoms with E-state index in [0.717, 1.165) is 0 Å². The topological polar surface area (TPSA) is 39.2 Å². The molecule has 0 saturated carbocycles. The van der Waals surface area contributed by atoms with Crippen molar-refractivity contribution in [2.75, 3.05) is 6.54 Å². The molecule has 1 aromatic carbocycles. The highest BCUT2D eigenvalue weighted by molar-refractivity contribution is 5.77. The second kappa shape index (κ2) is 4.41. The van der Waals surface area contributed by atoms with Crippen molar-refractivity contribution < 1.29 is 17.6 Å². The number of fused-ring (bicyclic) bond motifs is 1. The molecule has 2 aromatic rings. The van der Waals surface area contributed by atoms with E-state index in [0.29, 0.717) is 11.0 Å². The lowest BCUT2D eigenvalue weighted by Crippen LogP contribution is -2.23. The van der Waals surface area contributed by atoms with E-state index in [2.05, 4.69) is 0 Å². The monoisotopic (exact) mass is 243 g/mol. The van der Waals surface area contributed by atoms with Crippen LogP contribution in [0.3, 0.4) is 0 Å². The van der Waals surface area contributed by atoms with E-state index >= 15 is 0 Å². The van der Waals surface area contributed by atoms with Crippen molar-refractivity contribution in [2.45, 2.75) is 18.5 Å². The minimum absolute atomic E-state index is 0.00754. The van der Waals surface area contributed by atoms with Crippen LogP contribution in [0, 0.1) is 0 Å². The van der Waals surface area contributed by atoms with Gasteiger partial charge in [0, 0.05) is 5.39 Å². The smallest absolute Gasteiger partial charge is 0.395 e. The molecule has 1 aromatic heterocycles. The molecular formula is C12H12F3NO. The number of halogens is 3. The average Bonchev–Trinajstić information content (AvgIpc) is 2.71. The zero-order valence-corrected chi connectivity index (χ0v) is 9.00. The van der Waals surface area contributed by atoms with E-state index in [1.165, 1.54) is 18.4 Å². The number of nitrogens with two attached hydrogens (primary N) is 1. The number of alkyl halides is 3. The first-order valence-corrected chi connectivity index (χ1v) is 5.26. The lowest BCUT2D eigenvalue weighted by Gasteiger charge is -2.19. The summed E-state index contributed by atoms with van der Waals surface area (Å²) in [5.74, 6) is -1.51. The van der Waals surface area contributed by atoms with Gasteiger partial charge in [-0.1, -0.05) is 6.07 Å². The maximum absolute atomic E-state index is 12.8. The van der Waals surface area contributed by atoms with Gasteiger partial charge in [-0.25, -0.2) is 0 Å². The fraction of sp³-hybridized carbons (Fsp3) is 0.333. The third kappa shape index (κ3) is 2.44. The van der Waals surface area contributed by atoms with E-state index in [4.69, 9.17) is 10.2 Å². The number of hydrogen-bond donors (Lipinski definition) is 1. The Balaban J connectivity index is 2.40. The molecule has 0 radical (unpaired) electrons. The molecule has 0 amide bonds. The molecule has 92 valence electrons. The minimum Gasteiger partial charge on any atom is -0.464 e. The fourth-order valence-electron chi connectivity index (χ4n) is 1.89. The summed E-state index contributed by atoms with van der Waals surface area (Å²) in [6.07, 6.45) is -2.91. The van der Waals surface area contributed by atoms with Gasteiger partial charge in [0.1, 0.15) is 5.58 Å². The number of hydrogen-bond acceptors (Lipinski definition) is 2. The van der Waals surface area contributed by atoms with Gasteiger partial charge < -0.3 is 10.2 Å². The molecule has 0 aliphatic rings. The Kier molecular flexibility index (Phi) is 3.11. The van der Waals surface area contributed by atoms with Crippen LogP contribution in [-0.4, -0.2) is 12.7 Å². The molecule has 2 N–H and O–H groups in total. The maximum atomic E-state index is 12.8. The molecule has 2 nitrogen and oxygen atoms in total. The van der Waals surface area contributed by atoms with Crippen molar-refractivity contribution in [2.24, 2.45) is 5.73 Å². The summed E-state index contributed by atoms with van der Waals surface area (Å²) in [6, 6.07) is 6.15. The summed E-state index contributed by atoms with van der Waals surface area (Å²) in [4.78, 5) is 0. The highest BCUT2D eigenvalue weighted by Crippen LogP contribution is 2.38. The SMILES string of the molecule is NCCC(c1ccc2occc2c1)C(F)(F)F. The third-order valence-electron chi connectivity index (χ3n) is 2.73. The van der Waals surface area contributed by atoms with E-state index in [-0.39, 0.29) is 18.5 Å². The Hall–Kier alpha value is -1.49. The van der Waals surface area contributed by atoms with Gasteiger partial charge >= 0.3 is 6.18 Å². The second-order valence-electron chi connectivity index (χ2n) is 3.89. The predicted octanol–water partition coefficient (Wildman–Crippen LogP) is 3.43. The molecule has 17 heavy (non-hydrogen) atoms. The van der Waals surface area contributed by atoms with Crippen molar-refractivity contribution in [1.82, 2.24) is 0 Å². The van der Waals surface area contributed by atoms with Crippen LogP contribution in [0.1, 0.15) is 17.9 Å². The van der Waals surface area contributed by atoms with Gasteiger partial charge in [-0.05, 0) is 36.7 Å². The van der Waals surface area contributed by atoms with Gasteiger partial charge in [-0.3, -0.25) is 0 Å². The van der Waals surface area contributed by atoms with Crippen LogP contribution < -0.4 is 5.73 Å². The maximum Gasteiger partial charge on any atom is 0.395 e. The van der Waals surface area contributed by atoms with E-state index in [1.807, 2.05) is 0 Å². The molecule has 0 saturated heterocycles. The normalized spacial score (nSPS) is 14.1. The number of furan rings is 1. The minimum atomic E-state index is -4.27. The molecule has 1 unspecified atom stereocenters. The van der Waals surface area contributed by atoms with Gasteiger partial charge in [0.25, 0.3) is 0 Å². The molecule has 2 rings (SSSR count). The molecule has 5 heteroatoms. The summed E-state index contributed by atoms with van der Waals surface area (Å²) in [6.45, 7) is 0.00754. The molecule has 0 aliphatic carbocycles. The number of benzene rings is 1. The van der Waals surface area contributed by atoms with E-state index in [9.17, 15) is 13.2 Å². The zero-order chi connectivity index (χ0) is 12.5. The Morgan fingerprint density at radius 3 is 2.65 bits per heavy atom. The van der Waals surface area contributed by atoms with Gasteiger partial charge in [-0.15, -0.1) is 0 Å². The highest BCUT2D eigenvalue weighted by atomic mass is 19.4. The summed E-state index contributed by atoms with van der Waals surface area (Å²) < 4.78 is 43.6. The molecular weight excluding hydrogens is 231 g/mol. The van der Waals surface area contributed by atoms with Crippen LogP contribution in [-0.2, 0) is 0 Å². The van der Waals surface area contributed by atoms with Gasteiger partial charge in [0.2, 0.25) is 0 Å². The lowest BCUT2D eigenvalue weighted by molar-refractivity contribution is -0.151. The van der Waals surface area contributed by atoms with Crippen LogP contribution in [0.15, 0.2) is 34.9 Å². The lowest BCUT2D eigenvalue weighted by atomic mass is 9.94. The molecule has 0 spiro atoms. The van der Waals surface area contributed by atoms with Crippen molar-refractivity contribution in [3.8, 4) is 0 Å². The van der Waals surface area contributed by atoms with Crippen LogP contribution in [0.4, 0.5) is 13.2 Å². The summed E-state index contributed by atoms with van der Waals surface area (Å²) in [7, 11) is 0. The average molecular weight is 243 g/mol. The predicted molar refractivity (Wildman–Crippen MR) is 58.7 cm³/mol. The van der Waals surface area contributed by atoms with Gasteiger partial charge in [-0.2, -0.15) is 13.2 Å². The van der Waals surface area contributed by atoms with E-state index in [1.54, 1.807) is 12.1 Å². The summed E-state index contributed by atoms with van der Waals surface area (Å²) in [5.41, 5.74) is 6.06. The molecule has 1 atom stereocenters.